The third-order valence-electron chi connectivity index (χ3n) is 3.53. The van der Waals surface area contributed by atoms with Gasteiger partial charge in [-0.1, -0.05) is 0 Å². The summed E-state index contributed by atoms with van der Waals surface area (Å²) < 4.78 is 7.37. The molecule has 0 bridgehead atoms. The largest absolute Gasteiger partial charge is 0.478 e. The zero-order chi connectivity index (χ0) is 14.8. The van der Waals surface area contributed by atoms with E-state index in [9.17, 15) is 0 Å². The van der Waals surface area contributed by atoms with Crippen LogP contribution in [0, 0.1) is 6.92 Å². The lowest BCUT2D eigenvalue weighted by Gasteiger charge is -2.17. The molecular weight excluding hydrogens is 270 g/mol. The first-order valence-electron chi connectivity index (χ1n) is 7.08. The Morgan fingerprint density at radius 3 is 2.95 bits per heavy atom. The van der Waals surface area contributed by atoms with Gasteiger partial charge in [0.15, 0.2) is 0 Å². The molecule has 3 heterocycles. The first-order valence-corrected chi connectivity index (χ1v) is 7.08. The second kappa shape index (κ2) is 5.69. The number of aromatic nitrogens is 4. The molecule has 112 valence electrons. The van der Waals surface area contributed by atoms with Gasteiger partial charge in [0.1, 0.15) is 0 Å². The number of aliphatic hydroxyl groups is 1. The van der Waals surface area contributed by atoms with Crippen molar-refractivity contribution in [2.24, 2.45) is 0 Å². The Hall–Kier alpha value is -2.15. The van der Waals surface area contributed by atoms with Gasteiger partial charge in [-0.3, -0.25) is 4.68 Å². The van der Waals surface area contributed by atoms with Gasteiger partial charge in [-0.25, -0.2) is 4.98 Å². The van der Waals surface area contributed by atoms with Crippen molar-refractivity contribution in [3.63, 3.8) is 0 Å². The summed E-state index contributed by atoms with van der Waals surface area (Å²) in [5, 5.41) is 13.3. The van der Waals surface area contributed by atoms with E-state index in [4.69, 9.17) is 9.84 Å². The van der Waals surface area contributed by atoms with Crippen LogP contribution in [0.25, 0.3) is 0 Å². The lowest BCUT2D eigenvalue weighted by molar-refractivity contribution is 0.267. The topological polar surface area (TPSA) is 76.3 Å². The minimum atomic E-state index is 0.0869. The van der Waals surface area contributed by atoms with Crippen LogP contribution >= 0.6 is 0 Å². The summed E-state index contributed by atoms with van der Waals surface area (Å²) in [6.07, 6.45) is 3.64. The van der Waals surface area contributed by atoms with Crippen LogP contribution in [0.15, 0.2) is 12.4 Å². The molecule has 7 nitrogen and oxygen atoms in total. The minimum absolute atomic E-state index is 0.0869. The number of aryl methyl sites for hydroxylation is 1. The van der Waals surface area contributed by atoms with Crippen molar-refractivity contribution in [3.8, 4) is 5.88 Å². The van der Waals surface area contributed by atoms with E-state index in [1.807, 2.05) is 24.7 Å². The van der Waals surface area contributed by atoms with Crippen molar-refractivity contribution < 1.29 is 9.84 Å². The molecular formula is C14H19N5O2. The highest BCUT2D eigenvalue weighted by atomic mass is 16.5. The van der Waals surface area contributed by atoms with Crippen molar-refractivity contribution >= 4 is 5.95 Å². The van der Waals surface area contributed by atoms with Gasteiger partial charge in [0.2, 0.25) is 11.8 Å². The molecule has 21 heavy (non-hydrogen) atoms. The molecule has 0 amide bonds. The van der Waals surface area contributed by atoms with Gasteiger partial charge in [0.25, 0.3) is 0 Å². The Morgan fingerprint density at radius 2 is 2.19 bits per heavy atom. The standard InChI is InChI=1S/C14H19N5O2/c1-3-21-13-10(2)6-15-14(17-13)18-8-11-7-16-19(4-5-20)12(11)9-18/h6-7,20H,3-5,8-9H2,1-2H3. The predicted octanol–water partition coefficient (Wildman–Crippen LogP) is 0.893. The first kappa shape index (κ1) is 13.8. The molecule has 0 spiro atoms. The molecule has 1 N–H and O–H groups in total. The molecule has 0 aliphatic carbocycles. The van der Waals surface area contributed by atoms with E-state index in [0.29, 0.717) is 31.5 Å². The first-order chi connectivity index (χ1) is 10.2. The molecule has 0 unspecified atom stereocenters. The number of anilines is 1. The van der Waals surface area contributed by atoms with Gasteiger partial charge in [0.05, 0.1) is 38.2 Å². The lowest BCUT2D eigenvalue weighted by Crippen LogP contribution is -2.20. The predicted molar refractivity (Wildman–Crippen MR) is 77.1 cm³/mol. The van der Waals surface area contributed by atoms with Gasteiger partial charge in [-0.15, -0.1) is 0 Å². The highest BCUT2D eigenvalue weighted by Crippen LogP contribution is 2.27. The molecule has 0 fully saturated rings. The highest BCUT2D eigenvalue weighted by molar-refractivity contribution is 5.42. The molecule has 0 radical (unpaired) electrons. The van der Waals surface area contributed by atoms with Gasteiger partial charge >= 0.3 is 0 Å². The van der Waals surface area contributed by atoms with E-state index < -0.39 is 0 Å². The normalized spacial score (nSPS) is 13.6. The van der Waals surface area contributed by atoms with Crippen LogP contribution in [0.1, 0.15) is 23.7 Å². The number of ether oxygens (including phenoxy) is 1. The van der Waals surface area contributed by atoms with Crippen LogP contribution in [0.5, 0.6) is 5.88 Å². The molecule has 1 aliphatic rings. The maximum absolute atomic E-state index is 9.06. The molecule has 0 saturated carbocycles. The van der Waals surface area contributed by atoms with E-state index in [1.54, 1.807) is 6.20 Å². The van der Waals surface area contributed by atoms with Crippen LogP contribution in [-0.2, 0) is 19.6 Å². The average molecular weight is 289 g/mol. The molecule has 0 aromatic carbocycles. The van der Waals surface area contributed by atoms with Crippen molar-refractivity contribution in [1.29, 1.82) is 0 Å². The Bertz CT molecular complexity index is 640. The maximum Gasteiger partial charge on any atom is 0.229 e. The molecule has 7 heteroatoms. The van der Waals surface area contributed by atoms with Crippen LogP contribution < -0.4 is 9.64 Å². The van der Waals surface area contributed by atoms with Crippen LogP contribution in [0.2, 0.25) is 0 Å². The summed E-state index contributed by atoms with van der Waals surface area (Å²) in [7, 11) is 0. The average Bonchev–Trinajstić information content (AvgIpc) is 3.04. The van der Waals surface area contributed by atoms with Crippen molar-refractivity contribution in [2.45, 2.75) is 33.5 Å². The number of hydrogen-bond donors (Lipinski definition) is 1. The Labute approximate surface area is 123 Å². The zero-order valence-corrected chi connectivity index (χ0v) is 12.3. The van der Waals surface area contributed by atoms with Gasteiger partial charge < -0.3 is 14.7 Å². The van der Waals surface area contributed by atoms with E-state index >= 15 is 0 Å². The lowest BCUT2D eigenvalue weighted by atomic mass is 10.3. The fourth-order valence-corrected chi connectivity index (χ4v) is 2.49. The second-order valence-corrected chi connectivity index (χ2v) is 5.01. The van der Waals surface area contributed by atoms with Crippen molar-refractivity contribution in [2.75, 3.05) is 18.1 Å². The second-order valence-electron chi connectivity index (χ2n) is 5.01. The Balaban J connectivity index is 1.82. The number of aliphatic hydroxyl groups excluding tert-OH is 1. The van der Waals surface area contributed by atoms with Crippen LogP contribution in [0.3, 0.4) is 0 Å². The van der Waals surface area contributed by atoms with Crippen molar-refractivity contribution in [1.82, 2.24) is 19.7 Å². The van der Waals surface area contributed by atoms with E-state index in [2.05, 4.69) is 20.0 Å². The highest BCUT2D eigenvalue weighted by Gasteiger charge is 2.25. The van der Waals surface area contributed by atoms with Crippen molar-refractivity contribution in [3.05, 3.63) is 29.2 Å². The van der Waals surface area contributed by atoms with Crippen LogP contribution in [-0.4, -0.2) is 38.1 Å². The summed E-state index contributed by atoms with van der Waals surface area (Å²) in [5.74, 6) is 1.30. The number of hydrogen-bond acceptors (Lipinski definition) is 6. The fourth-order valence-electron chi connectivity index (χ4n) is 2.49. The summed E-state index contributed by atoms with van der Waals surface area (Å²) >= 11 is 0. The fraction of sp³-hybridized carbons (Fsp3) is 0.500. The summed E-state index contributed by atoms with van der Waals surface area (Å²) in [5.41, 5.74) is 3.21. The zero-order valence-electron chi connectivity index (χ0n) is 12.3. The third kappa shape index (κ3) is 2.56. The van der Waals surface area contributed by atoms with Gasteiger partial charge in [0, 0.05) is 23.9 Å². The molecule has 0 atom stereocenters. The van der Waals surface area contributed by atoms with Gasteiger partial charge in [-0.05, 0) is 13.8 Å². The van der Waals surface area contributed by atoms with E-state index in [-0.39, 0.29) is 6.61 Å². The summed E-state index contributed by atoms with van der Waals surface area (Å²) in [6, 6.07) is 0. The number of nitrogens with zero attached hydrogens (tertiary/aromatic N) is 5. The molecule has 0 saturated heterocycles. The Morgan fingerprint density at radius 1 is 1.33 bits per heavy atom. The third-order valence-corrected chi connectivity index (χ3v) is 3.53. The molecule has 1 aliphatic heterocycles. The molecule has 2 aromatic heterocycles. The monoisotopic (exact) mass is 289 g/mol. The number of fused-ring (bicyclic) bond motifs is 1. The minimum Gasteiger partial charge on any atom is -0.478 e. The quantitative estimate of drug-likeness (QED) is 0.881. The number of rotatable bonds is 5. The molecule has 3 rings (SSSR count). The SMILES string of the molecule is CCOc1nc(N2Cc3cnn(CCO)c3C2)ncc1C. The summed E-state index contributed by atoms with van der Waals surface area (Å²) in [6.45, 7) is 6.50. The van der Waals surface area contributed by atoms with E-state index in [0.717, 1.165) is 23.4 Å². The maximum atomic E-state index is 9.06. The Kier molecular flexibility index (Phi) is 3.74. The van der Waals surface area contributed by atoms with Gasteiger partial charge in [-0.2, -0.15) is 10.1 Å². The summed E-state index contributed by atoms with van der Waals surface area (Å²) in [4.78, 5) is 11.0. The van der Waals surface area contributed by atoms with E-state index in [1.165, 1.54) is 0 Å². The smallest absolute Gasteiger partial charge is 0.229 e. The molecule has 2 aromatic rings. The van der Waals surface area contributed by atoms with Crippen LogP contribution in [0.4, 0.5) is 5.95 Å².